The average molecular weight is 1330 g/mol. The Morgan fingerprint density at radius 2 is 0.587 bits per heavy atom. The molecule has 0 amide bonds. The molecule has 0 N–H and O–H groups in total. The number of para-hydroxylation sites is 6. The summed E-state index contributed by atoms with van der Waals surface area (Å²) >= 11 is 0. The summed E-state index contributed by atoms with van der Waals surface area (Å²) in [6.45, 7) is 0. The van der Waals surface area contributed by atoms with Gasteiger partial charge in [-0.05, 0) is 148 Å². The number of fused-ring (bicyclic) bond motifs is 13. The minimum absolute atomic E-state index is 0.701. The van der Waals surface area contributed by atoms with Gasteiger partial charge in [0, 0.05) is 100 Å². The van der Waals surface area contributed by atoms with Gasteiger partial charge in [0.2, 0.25) is 0 Å². The number of aromatic nitrogens is 8. The third-order valence-electron chi connectivity index (χ3n) is 20.5. The number of rotatable bonds is 10. The van der Waals surface area contributed by atoms with E-state index in [9.17, 15) is 0 Å². The normalized spacial score (nSPS) is 11.7. The van der Waals surface area contributed by atoms with Gasteiger partial charge in [0.15, 0.2) is 11.6 Å². The molecule has 6 aromatic heterocycles. The Kier molecular flexibility index (Phi) is 14.4. The first kappa shape index (κ1) is 59.9. The van der Waals surface area contributed by atoms with E-state index in [1.54, 1.807) is 0 Å². The van der Waals surface area contributed by atoms with E-state index in [0.29, 0.717) is 11.6 Å². The Morgan fingerprint density at radius 3 is 1.14 bits per heavy atom. The minimum atomic E-state index is 0.701. The van der Waals surface area contributed by atoms with Gasteiger partial charge in [-0.15, -0.1) is 0 Å². The Balaban J connectivity index is 0.000000139. The Bertz CT molecular complexity index is 6900. The Labute approximate surface area is 599 Å². The molecule has 21 rings (SSSR count). The van der Waals surface area contributed by atoms with Crippen LogP contribution in [0.3, 0.4) is 0 Å². The highest BCUT2D eigenvalue weighted by atomic mass is 15.0. The molecule has 0 atom stereocenters. The fraction of sp³-hybridized carbons (Fsp3) is 0. The van der Waals surface area contributed by atoms with Crippen molar-refractivity contribution in [1.29, 1.82) is 0 Å². The second-order valence-electron chi connectivity index (χ2n) is 26.5. The molecule has 0 radical (unpaired) electrons. The van der Waals surface area contributed by atoms with Crippen LogP contribution < -0.4 is 0 Å². The first-order chi connectivity index (χ1) is 51.6. The molecule has 21 aromatic rings. The lowest BCUT2D eigenvalue weighted by Crippen LogP contribution is -1.98. The third-order valence-corrected chi connectivity index (χ3v) is 20.5. The van der Waals surface area contributed by atoms with Crippen LogP contribution in [0.15, 0.2) is 376 Å². The van der Waals surface area contributed by atoms with Crippen LogP contribution in [0.2, 0.25) is 0 Å². The summed E-state index contributed by atoms with van der Waals surface area (Å²) in [5.74, 6) is 1.40. The molecule has 0 unspecified atom stereocenters. The second kappa shape index (κ2) is 25.0. The van der Waals surface area contributed by atoms with Crippen LogP contribution in [-0.2, 0) is 0 Å². The van der Waals surface area contributed by atoms with Crippen molar-refractivity contribution < 1.29 is 0 Å². The summed E-state index contributed by atoms with van der Waals surface area (Å²) < 4.78 is 9.29. The summed E-state index contributed by atoms with van der Waals surface area (Å²) in [6, 6.07) is 129. The van der Waals surface area contributed by atoms with Gasteiger partial charge in [0.1, 0.15) is 0 Å². The smallest absolute Gasteiger partial charge is 0.160 e. The molecule has 0 aliphatic rings. The van der Waals surface area contributed by atoms with Gasteiger partial charge in [0.25, 0.3) is 0 Å². The Hall–Kier alpha value is -14.1. The fourth-order valence-electron chi connectivity index (χ4n) is 15.7. The lowest BCUT2D eigenvalue weighted by atomic mass is 9.96. The monoisotopic (exact) mass is 1330 g/mol. The topological polar surface area (TPSA) is 71.3 Å². The zero-order valence-corrected chi connectivity index (χ0v) is 56.4. The summed E-state index contributed by atoms with van der Waals surface area (Å²) in [7, 11) is 0. The van der Waals surface area contributed by atoms with Gasteiger partial charge in [-0.2, -0.15) is 0 Å². The molecule has 15 aromatic carbocycles. The lowest BCUT2D eigenvalue weighted by Gasteiger charge is -2.13. The van der Waals surface area contributed by atoms with Gasteiger partial charge in [-0.1, -0.05) is 249 Å². The number of nitrogens with zero attached hydrogens (tertiary/aromatic N) is 8. The van der Waals surface area contributed by atoms with Crippen LogP contribution in [0.4, 0.5) is 0 Å². The van der Waals surface area contributed by atoms with E-state index in [2.05, 4.69) is 376 Å². The summed E-state index contributed by atoms with van der Waals surface area (Å²) in [6.07, 6.45) is 4.36. The van der Waals surface area contributed by atoms with Gasteiger partial charge in [-0.25, -0.2) is 19.9 Å². The van der Waals surface area contributed by atoms with Gasteiger partial charge in [0.05, 0.1) is 55.5 Å². The van der Waals surface area contributed by atoms with Crippen LogP contribution in [0.25, 0.3) is 188 Å². The SMILES string of the molecule is c1ccc(-c2cccc(-c3nc(-c4cccc(-n5c6ccccc6c6c7ccn(-c8ccccc8)c7ccc65)c4)nc4ccccc34)c2)cc1.c1ccc(-n2ccc3c4c5ccccc5n(-c5cccc(-c6nc(-c7ccc(-c8cccc9ccccc89)cc7)c7ccccc7n6)c5)c4ccc32)cc1. The largest absolute Gasteiger partial charge is 0.317 e. The summed E-state index contributed by atoms with van der Waals surface area (Å²) in [5.41, 5.74) is 24.0. The van der Waals surface area contributed by atoms with E-state index in [1.807, 2.05) is 18.2 Å². The molecule has 0 bridgehead atoms. The second-order valence-corrected chi connectivity index (χ2v) is 26.5. The highest BCUT2D eigenvalue weighted by Crippen LogP contribution is 2.43. The van der Waals surface area contributed by atoms with Crippen molar-refractivity contribution in [3.63, 3.8) is 0 Å². The van der Waals surface area contributed by atoms with Crippen LogP contribution in [0, 0.1) is 0 Å². The molecule has 6 heterocycles. The van der Waals surface area contributed by atoms with Crippen molar-refractivity contribution in [2.75, 3.05) is 0 Å². The van der Waals surface area contributed by atoms with Gasteiger partial charge in [-0.3, -0.25) is 0 Å². The lowest BCUT2D eigenvalue weighted by molar-refractivity contribution is 1.13. The van der Waals surface area contributed by atoms with Crippen molar-refractivity contribution in [2.45, 2.75) is 0 Å². The minimum Gasteiger partial charge on any atom is -0.317 e. The molecule has 0 saturated carbocycles. The fourth-order valence-corrected chi connectivity index (χ4v) is 15.7. The predicted molar refractivity (Wildman–Crippen MR) is 432 cm³/mol. The maximum absolute atomic E-state index is 5.29. The zero-order chi connectivity index (χ0) is 68.6. The van der Waals surface area contributed by atoms with Gasteiger partial charge >= 0.3 is 0 Å². The van der Waals surface area contributed by atoms with E-state index < -0.39 is 0 Å². The zero-order valence-electron chi connectivity index (χ0n) is 56.4. The highest BCUT2D eigenvalue weighted by Gasteiger charge is 2.22. The van der Waals surface area contributed by atoms with E-state index >= 15 is 0 Å². The molecule has 0 aliphatic carbocycles. The maximum Gasteiger partial charge on any atom is 0.160 e. The van der Waals surface area contributed by atoms with E-state index in [0.717, 1.165) is 100 Å². The van der Waals surface area contributed by atoms with Crippen molar-refractivity contribution in [3.8, 4) is 90.3 Å². The van der Waals surface area contributed by atoms with Gasteiger partial charge < -0.3 is 18.3 Å². The average Bonchev–Trinajstić information content (AvgIpc) is 1.57. The molecule has 0 fully saturated rings. The number of hydrogen-bond acceptors (Lipinski definition) is 4. The summed E-state index contributed by atoms with van der Waals surface area (Å²) in [5, 5.41) is 12.0. The number of benzene rings is 15. The summed E-state index contributed by atoms with van der Waals surface area (Å²) in [4.78, 5) is 20.8. The molecule has 0 spiro atoms. The van der Waals surface area contributed by atoms with E-state index in [-0.39, 0.29) is 0 Å². The molecular weight excluding hydrogens is 1270 g/mol. The van der Waals surface area contributed by atoms with E-state index in [1.165, 1.54) is 76.3 Å². The molecule has 0 saturated heterocycles. The Morgan fingerprint density at radius 1 is 0.202 bits per heavy atom. The van der Waals surface area contributed by atoms with Crippen molar-refractivity contribution in [3.05, 3.63) is 376 Å². The first-order valence-electron chi connectivity index (χ1n) is 35.3. The quantitative estimate of drug-likeness (QED) is 0.137. The van der Waals surface area contributed by atoms with Crippen molar-refractivity contribution in [2.24, 2.45) is 0 Å². The molecule has 104 heavy (non-hydrogen) atoms. The third kappa shape index (κ3) is 10.2. The molecule has 8 nitrogen and oxygen atoms in total. The van der Waals surface area contributed by atoms with Crippen LogP contribution >= 0.6 is 0 Å². The molecule has 8 heteroatoms. The van der Waals surface area contributed by atoms with Crippen molar-refractivity contribution in [1.82, 2.24) is 38.2 Å². The first-order valence-corrected chi connectivity index (χ1v) is 35.3. The molecule has 0 aliphatic heterocycles. The standard InChI is InChI=1S/C50H32N4.C46H30N4/c1-2-15-37(16-3-1)53-31-30-43-45(53)28-29-47-48(43)42-20-7-9-23-46(42)54(47)38-17-10-14-36(32-38)50-51-44-22-8-6-19-41(44)49(52-50)35-26-24-34(25-27-35)40-21-11-13-33-12-4-5-18-39(33)40;1-3-13-31(14-4-1)32-15-11-16-33(29-32)45-37-21-7-9-23-40(37)47-46(48-45)34-17-12-20-36(30-34)50-42-24-10-8-22-38(42)44-39-27-28-49(35-18-5-2-6-19-35)41(39)25-26-43(44)50/h1-32H;1-30H. The van der Waals surface area contributed by atoms with Crippen LogP contribution in [-0.4, -0.2) is 38.2 Å². The maximum atomic E-state index is 5.29. The molecule has 486 valence electrons. The number of hydrogen-bond donors (Lipinski definition) is 0. The van der Waals surface area contributed by atoms with Crippen molar-refractivity contribution >= 4 is 98.0 Å². The van der Waals surface area contributed by atoms with Crippen LogP contribution in [0.5, 0.6) is 0 Å². The van der Waals surface area contributed by atoms with Crippen LogP contribution in [0.1, 0.15) is 0 Å². The van der Waals surface area contributed by atoms with E-state index in [4.69, 9.17) is 19.9 Å². The predicted octanol–water partition coefficient (Wildman–Crippen LogP) is 24.5. The molecular formula is C96H62N8. The highest BCUT2D eigenvalue weighted by molar-refractivity contribution is 6.22.